The van der Waals surface area contributed by atoms with Gasteiger partial charge in [0.2, 0.25) is 11.0 Å². The van der Waals surface area contributed by atoms with Crippen LogP contribution in [-0.2, 0) is 4.79 Å². The molecular formula is C13H15ClN4OS2. The van der Waals surface area contributed by atoms with Crippen LogP contribution in [0.5, 0.6) is 0 Å². The molecule has 2 rings (SSSR count). The zero-order chi connectivity index (χ0) is 15.1. The molecule has 112 valence electrons. The van der Waals surface area contributed by atoms with Gasteiger partial charge in [0.05, 0.1) is 16.5 Å². The van der Waals surface area contributed by atoms with Crippen molar-refractivity contribution in [2.75, 3.05) is 22.9 Å². The van der Waals surface area contributed by atoms with Gasteiger partial charge in [0.15, 0.2) is 4.34 Å². The van der Waals surface area contributed by atoms with E-state index in [0.29, 0.717) is 10.7 Å². The molecule has 5 nitrogen and oxygen atoms in total. The summed E-state index contributed by atoms with van der Waals surface area (Å²) in [6.45, 7) is 2.95. The molecule has 0 radical (unpaired) electrons. The number of nitrogens with one attached hydrogen (secondary N) is 2. The third-order valence-corrected chi connectivity index (χ3v) is 4.75. The fourth-order valence-electron chi connectivity index (χ4n) is 1.45. The summed E-state index contributed by atoms with van der Waals surface area (Å²) in [4.78, 5) is 11.9. The Bertz CT molecular complexity index is 605. The van der Waals surface area contributed by atoms with Crippen LogP contribution >= 0.6 is 34.7 Å². The summed E-state index contributed by atoms with van der Waals surface area (Å²) < 4.78 is 0.767. The zero-order valence-corrected chi connectivity index (χ0v) is 13.8. The lowest BCUT2D eigenvalue weighted by atomic mass is 10.3. The Hall–Kier alpha value is -1.31. The van der Waals surface area contributed by atoms with Gasteiger partial charge in [0.1, 0.15) is 0 Å². The minimum absolute atomic E-state index is 0.119. The lowest BCUT2D eigenvalue weighted by Gasteiger charge is -2.05. The maximum Gasteiger partial charge on any atom is 0.234 e. The van der Waals surface area contributed by atoms with E-state index in [1.165, 1.54) is 23.1 Å². The van der Waals surface area contributed by atoms with Crippen LogP contribution in [-0.4, -0.2) is 28.4 Å². The fraction of sp³-hybridized carbons (Fsp3) is 0.308. The Morgan fingerprint density at radius 3 is 2.95 bits per heavy atom. The summed E-state index contributed by atoms with van der Waals surface area (Å²) in [5.74, 6) is 0.152. The van der Waals surface area contributed by atoms with Crippen molar-refractivity contribution in [2.24, 2.45) is 0 Å². The molecule has 8 heteroatoms. The molecule has 21 heavy (non-hydrogen) atoms. The first-order chi connectivity index (χ1) is 10.2. The number of anilines is 2. The van der Waals surface area contributed by atoms with Crippen molar-refractivity contribution < 1.29 is 4.79 Å². The van der Waals surface area contributed by atoms with Gasteiger partial charge in [-0.2, -0.15) is 0 Å². The minimum Gasteiger partial charge on any atom is -0.360 e. The quantitative estimate of drug-likeness (QED) is 0.750. The number of rotatable bonds is 7. The molecule has 2 aromatic rings. The van der Waals surface area contributed by atoms with E-state index in [0.717, 1.165) is 22.4 Å². The first-order valence-electron chi connectivity index (χ1n) is 6.43. The molecule has 0 aliphatic carbocycles. The van der Waals surface area contributed by atoms with E-state index in [-0.39, 0.29) is 11.7 Å². The molecule has 0 atom stereocenters. The van der Waals surface area contributed by atoms with Crippen LogP contribution in [0.4, 0.5) is 10.8 Å². The number of carbonyl (C=O) groups is 1. The Balaban J connectivity index is 1.81. The Morgan fingerprint density at radius 1 is 1.38 bits per heavy atom. The summed E-state index contributed by atoms with van der Waals surface area (Å²) in [6.07, 6.45) is 1.03. The molecule has 0 aliphatic rings. The van der Waals surface area contributed by atoms with Gasteiger partial charge in [-0.25, -0.2) is 0 Å². The van der Waals surface area contributed by atoms with Crippen molar-refractivity contribution >= 4 is 51.4 Å². The van der Waals surface area contributed by atoms with Crippen LogP contribution in [0.15, 0.2) is 28.6 Å². The van der Waals surface area contributed by atoms with Gasteiger partial charge < -0.3 is 10.6 Å². The van der Waals surface area contributed by atoms with E-state index >= 15 is 0 Å². The first-order valence-corrected chi connectivity index (χ1v) is 8.61. The fourth-order valence-corrected chi connectivity index (χ4v) is 3.21. The molecule has 0 saturated carbocycles. The number of nitrogens with zero attached hydrogens (tertiary/aromatic N) is 2. The van der Waals surface area contributed by atoms with Crippen LogP contribution in [0.1, 0.15) is 13.3 Å². The number of hydrogen-bond donors (Lipinski definition) is 2. The standard InChI is InChI=1S/C13H15ClN4OS2/c1-2-7-15-12-17-18-13(21-12)20-8-11(19)16-10-6-4-3-5-9(10)14/h3-6H,2,7-8H2,1H3,(H,15,17)(H,16,19). The molecule has 2 N–H and O–H groups in total. The summed E-state index contributed by atoms with van der Waals surface area (Å²) >= 11 is 8.79. The van der Waals surface area contributed by atoms with Crippen molar-refractivity contribution in [3.63, 3.8) is 0 Å². The topological polar surface area (TPSA) is 66.9 Å². The number of amides is 1. The Morgan fingerprint density at radius 2 is 2.19 bits per heavy atom. The second-order valence-electron chi connectivity index (χ2n) is 4.12. The highest BCUT2D eigenvalue weighted by molar-refractivity contribution is 8.01. The van der Waals surface area contributed by atoms with E-state index in [4.69, 9.17) is 11.6 Å². The summed E-state index contributed by atoms with van der Waals surface area (Å²) in [7, 11) is 0. The van der Waals surface area contributed by atoms with Gasteiger partial charge in [0, 0.05) is 6.54 Å². The second-order valence-corrected chi connectivity index (χ2v) is 6.72. The van der Waals surface area contributed by atoms with Crippen LogP contribution in [0, 0.1) is 0 Å². The third-order valence-electron chi connectivity index (χ3n) is 2.41. The van der Waals surface area contributed by atoms with Crippen molar-refractivity contribution in [1.82, 2.24) is 10.2 Å². The molecule has 0 saturated heterocycles. The van der Waals surface area contributed by atoms with Crippen molar-refractivity contribution in [3.05, 3.63) is 29.3 Å². The number of carbonyl (C=O) groups excluding carboxylic acids is 1. The molecule has 0 fully saturated rings. The second kappa shape index (κ2) is 8.21. The largest absolute Gasteiger partial charge is 0.360 e. The molecule has 1 aromatic carbocycles. The summed E-state index contributed by atoms with van der Waals surface area (Å²) in [5, 5.41) is 15.3. The Labute approximate surface area is 136 Å². The lowest BCUT2D eigenvalue weighted by Crippen LogP contribution is -2.14. The molecule has 1 amide bonds. The monoisotopic (exact) mass is 342 g/mol. The number of aromatic nitrogens is 2. The van der Waals surface area contributed by atoms with Gasteiger partial charge >= 0.3 is 0 Å². The number of halogens is 1. The Kier molecular flexibility index (Phi) is 6.28. The van der Waals surface area contributed by atoms with Crippen LogP contribution in [0.3, 0.4) is 0 Å². The summed E-state index contributed by atoms with van der Waals surface area (Å²) in [6, 6.07) is 7.15. The highest BCUT2D eigenvalue weighted by atomic mass is 35.5. The van der Waals surface area contributed by atoms with E-state index in [2.05, 4.69) is 27.8 Å². The normalized spacial score (nSPS) is 10.4. The minimum atomic E-state index is -0.119. The first kappa shape index (κ1) is 16.1. The van der Waals surface area contributed by atoms with Gasteiger partial charge in [-0.15, -0.1) is 10.2 Å². The van der Waals surface area contributed by atoms with Gasteiger partial charge in [-0.1, -0.05) is 53.8 Å². The van der Waals surface area contributed by atoms with E-state index < -0.39 is 0 Å². The third kappa shape index (κ3) is 5.18. The molecule has 1 heterocycles. The van der Waals surface area contributed by atoms with E-state index in [9.17, 15) is 4.79 Å². The summed E-state index contributed by atoms with van der Waals surface area (Å²) in [5.41, 5.74) is 0.618. The van der Waals surface area contributed by atoms with Crippen molar-refractivity contribution in [1.29, 1.82) is 0 Å². The number of hydrogen-bond acceptors (Lipinski definition) is 6. The van der Waals surface area contributed by atoms with Gasteiger partial charge in [-0.3, -0.25) is 4.79 Å². The lowest BCUT2D eigenvalue weighted by molar-refractivity contribution is -0.113. The molecule has 0 aliphatic heterocycles. The number of thioether (sulfide) groups is 1. The predicted molar refractivity (Wildman–Crippen MR) is 89.5 cm³/mol. The maximum absolute atomic E-state index is 11.9. The average molecular weight is 343 g/mol. The smallest absolute Gasteiger partial charge is 0.234 e. The van der Waals surface area contributed by atoms with E-state index in [1.807, 2.05) is 12.1 Å². The number of benzene rings is 1. The average Bonchev–Trinajstić information content (AvgIpc) is 2.93. The molecule has 0 spiro atoms. The highest BCUT2D eigenvalue weighted by Gasteiger charge is 2.09. The molecule has 1 aromatic heterocycles. The molecule has 0 bridgehead atoms. The SMILES string of the molecule is CCCNc1nnc(SCC(=O)Nc2ccccc2Cl)s1. The van der Waals surface area contributed by atoms with Crippen molar-refractivity contribution in [2.45, 2.75) is 17.7 Å². The predicted octanol–water partition coefficient (Wildman–Crippen LogP) is 3.74. The highest BCUT2D eigenvalue weighted by Crippen LogP contribution is 2.26. The molecular weight excluding hydrogens is 328 g/mol. The number of para-hydroxylation sites is 1. The van der Waals surface area contributed by atoms with Crippen molar-refractivity contribution in [3.8, 4) is 0 Å². The maximum atomic E-state index is 11.9. The van der Waals surface area contributed by atoms with Gasteiger partial charge in [-0.05, 0) is 18.6 Å². The van der Waals surface area contributed by atoms with E-state index in [1.54, 1.807) is 12.1 Å². The zero-order valence-electron chi connectivity index (χ0n) is 11.4. The van der Waals surface area contributed by atoms with Crippen LogP contribution in [0.2, 0.25) is 5.02 Å². The van der Waals surface area contributed by atoms with Gasteiger partial charge in [0.25, 0.3) is 0 Å². The molecule has 0 unspecified atom stereocenters. The van der Waals surface area contributed by atoms with Crippen LogP contribution < -0.4 is 10.6 Å². The van der Waals surface area contributed by atoms with Crippen LogP contribution in [0.25, 0.3) is 0 Å².